The van der Waals surface area contributed by atoms with Gasteiger partial charge in [0.2, 0.25) is 0 Å². The minimum absolute atomic E-state index is 0.0583. The van der Waals surface area contributed by atoms with Gasteiger partial charge in [0, 0.05) is 32.2 Å². The fourth-order valence-electron chi connectivity index (χ4n) is 5.42. The molecular formula is C23H27ClINO4Si. The van der Waals surface area contributed by atoms with Crippen molar-refractivity contribution in [1.82, 2.24) is 0 Å². The highest BCUT2D eigenvalue weighted by molar-refractivity contribution is 14.1. The Bertz CT molecular complexity index is 1010. The zero-order valence-electron chi connectivity index (χ0n) is 17.8. The molecule has 31 heavy (non-hydrogen) atoms. The van der Waals surface area contributed by atoms with Gasteiger partial charge >= 0.3 is 0 Å². The number of carbonyl (C=O) groups excluding carboxylic acids is 1. The van der Waals surface area contributed by atoms with Gasteiger partial charge in [-0.15, -0.1) is 0 Å². The second-order valence-electron chi connectivity index (χ2n) is 9.06. The molecule has 0 aliphatic carbocycles. The van der Waals surface area contributed by atoms with Crippen molar-refractivity contribution in [3.8, 4) is 0 Å². The average Bonchev–Trinajstić information content (AvgIpc) is 3.10. The third kappa shape index (κ3) is 3.87. The molecule has 2 aromatic rings. The highest BCUT2D eigenvalue weighted by atomic mass is 127. The predicted molar refractivity (Wildman–Crippen MR) is 133 cm³/mol. The molecule has 1 saturated heterocycles. The molecule has 2 heterocycles. The summed E-state index contributed by atoms with van der Waals surface area (Å²) in [6.45, 7) is 6.12. The Morgan fingerprint density at radius 2 is 2.00 bits per heavy atom. The van der Waals surface area contributed by atoms with Crippen molar-refractivity contribution in [3.63, 3.8) is 0 Å². The number of carbonyl (C=O) groups is 1. The number of benzene rings is 2. The van der Waals surface area contributed by atoms with Gasteiger partial charge in [0.05, 0.1) is 18.3 Å². The molecule has 0 unspecified atom stereocenters. The van der Waals surface area contributed by atoms with E-state index in [0.29, 0.717) is 18.0 Å². The van der Waals surface area contributed by atoms with Crippen molar-refractivity contribution >= 4 is 54.1 Å². The Balaban J connectivity index is 1.83. The number of amides is 1. The summed E-state index contributed by atoms with van der Waals surface area (Å²) in [6, 6.07) is 13.6. The van der Waals surface area contributed by atoms with Crippen LogP contribution < -0.4 is 4.90 Å². The SMILES string of the molecule is C[C@@H]1[C@@H]([Si](C)(C)O)[C@H](CCO)O[C@@]12C(=O)N(Cc1cccc(I)c1)c1ccc(Cl)cc12. The molecule has 2 aliphatic rings. The van der Waals surface area contributed by atoms with E-state index in [9.17, 15) is 14.7 Å². The maximum absolute atomic E-state index is 14.0. The lowest BCUT2D eigenvalue weighted by atomic mass is 9.82. The molecular weight excluding hydrogens is 545 g/mol. The van der Waals surface area contributed by atoms with Crippen LogP contribution in [0.25, 0.3) is 0 Å². The van der Waals surface area contributed by atoms with Crippen molar-refractivity contribution in [1.29, 1.82) is 0 Å². The van der Waals surface area contributed by atoms with Gasteiger partial charge in [0.1, 0.15) is 0 Å². The number of rotatable bonds is 5. The number of hydrogen-bond donors (Lipinski definition) is 2. The Morgan fingerprint density at radius 1 is 1.26 bits per heavy atom. The molecule has 4 rings (SSSR count). The monoisotopic (exact) mass is 571 g/mol. The van der Waals surface area contributed by atoms with Crippen LogP contribution in [0.2, 0.25) is 23.7 Å². The summed E-state index contributed by atoms with van der Waals surface area (Å²) in [5.74, 6) is -0.374. The predicted octanol–water partition coefficient (Wildman–Crippen LogP) is 4.67. The van der Waals surface area contributed by atoms with E-state index in [0.717, 1.165) is 20.4 Å². The lowest BCUT2D eigenvalue weighted by molar-refractivity contribution is -0.146. The molecule has 0 aromatic heterocycles. The van der Waals surface area contributed by atoms with Crippen molar-refractivity contribution in [2.75, 3.05) is 11.5 Å². The largest absolute Gasteiger partial charge is 0.432 e. The third-order valence-electron chi connectivity index (χ3n) is 6.59. The molecule has 2 aliphatic heterocycles. The van der Waals surface area contributed by atoms with Crippen LogP contribution in [0.4, 0.5) is 5.69 Å². The number of ether oxygens (including phenoxy) is 1. The van der Waals surface area contributed by atoms with Crippen molar-refractivity contribution in [3.05, 3.63) is 62.2 Å². The smallest absolute Gasteiger partial charge is 0.264 e. The Hall–Kier alpha value is -0.973. The fraction of sp³-hybridized carbons (Fsp3) is 0.435. The van der Waals surface area contributed by atoms with Crippen LogP contribution in [0, 0.1) is 9.49 Å². The summed E-state index contributed by atoms with van der Waals surface area (Å²) in [5, 5.41) is 10.2. The first-order valence-corrected chi connectivity index (χ1v) is 14.9. The summed E-state index contributed by atoms with van der Waals surface area (Å²) in [7, 11) is -2.69. The van der Waals surface area contributed by atoms with E-state index in [1.807, 2.05) is 50.3 Å². The summed E-state index contributed by atoms with van der Waals surface area (Å²) >= 11 is 8.63. The first-order chi connectivity index (χ1) is 14.6. The van der Waals surface area contributed by atoms with E-state index in [4.69, 9.17) is 16.3 Å². The van der Waals surface area contributed by atoms with Gasteiger partial charge in [-0.3, -0.25) is 4.79 Å². The van der Waals surface area contributed by atoms with Crippen LogP contribution in [-0.4, -0.2) is 36.8 Å². The molecule has 1 spiro atoms. The molecule has 2 N–H and O–H groups in total. The molecule has 0 saturated carbocycles. The van der Waals surface area contributed by atoms with Crippen LogP contribution in [-0.2, 0) is 21.7 Å². The quantitative estimate of drug-likeness (QED) is 0.404. The van der Waals surface area contributed by atoms with Crippen LogP contribution in [0.5, 0.6) is 0 Å². The highest BCUT2D eigenvalue weighted by Crippen LogP contribution is 2.60. The van der Waals surface area contributed by atoms with Gasteiger partial charge in [0.25, 0.3) is 5.91 Å². The number of nitrogens with zero attached hydrogens (tertiary/aromatic N) is 1. The van der Waals surface area contributed by atoms with E-state index in [1.54, 1.807) is 11.0 Å². The lowest BCUT2D eigenvalue weighted by Crippen LogP contribution is -2.46. The van der Waals surface area contributed by atoms with Crippen LogP contribution in [0.3, 0.4) is 0 Å². The first-order valence-electron chi connectivity index (χ1n) is 10.5. The average molecular weight is 572 g/mol. The van der Waals surface area contributed by atoms with Crippen molar-refractivity contribution in [2.45, 2.75) is 50.2 Å². The zero-order valence-corrected chi connectivity index (χ0v) is 21.7. The van der Waals surface area contributed by atoms with E-state index >= 15 is 0 Å². The van der Waals surface area contributed by atoms with E-state index in [2.05, 4.69) is 28.7 Å². The van der Waals surface area contributed by atoms with E-state index < -0.39 is 13.9 Å². The summed E-state index contributed by atoms with van der Waals surface area (Å²) in [4.78, 5) is 26.9. The minimum Gasteiger partial charge on any atom is -0.432 e. The fourth-order valence-corrected chi connectivity index (χ4v) is 8.80. The lowest BCUT2D eigenvalue weighted by Gasteiger charge is -2.32. The normalized spacial score (nSPS) is 27.9. The summed E-state index contributed by atoms with van der Waals surface area (Å²) < 4.78 is 7.66. The van der Waals surface area contributed by atoms with E-state index in [1.165, 1.54) is 0 Å². The standard InChI is InChI=1S/C23H27ClINO4Si/c1-14-21(31(2,3)29)20(9-10-27)30-23(14)18-12-16(24)7-8-19(18)26(22(23)28)13-15-5-4-6-17(25)11-15/h4-8,11-12,14,20-21,27,29H,9-10,13H2,1-3H3/t14-,20+,21-,23+/m1/s1. The van der Waals surface area contributed by atoms with Gasteiger partial charge in [-0.1, -0.05) is 30.7 Å². The number of anilines is 1. The van der Waals surface area contributed by atoms with Gasteiger partial charge in [-0.25, -0.2) is 0 Å². The Kier molecular flexibility index (Phi) is 6.30. The van der Waals surface area contributed by atoms with Gasteiger partial charge in [0.15, 0.2) is 13.9 Å². The molecule has 1 fully saturated rings. The number of aliphatic hydroxyl groups is 1. The van der Waals surface area contributed by atoms with Crippen molar-refractivity contribution in [2.24, 2.45) is 5.92 Å². The molecule has 0 bridgehead atoms. The van der Waals surface area contributed by atoms with Gasteiger partial charge in [-0.05, 0) is 78.0 Å². The van der Waals surface area contributed by atoms with Crippen LogP contribution in [0.1, 0.15) is 24.5 Å². The number of fused-ring (bicyclic) bond motifs is 2. The summed E-state index contributed by atoms with van der Waals surface area (Å²) in [5.41, 5.74) is 1.18. The molecule has 5 nitrogen and oxygen atoms in total. The van der Waals surface area contributed by atoms with Gasteiger partial charge in [-0.2, -0.15) is 0 Å². The van der Waals surface area contributed by atoms with Crippen LogP contribution in [0.15, 0.2) is 42.5 Å². The zero-order chi connectivity index (χ0) is 22.6. The highest BCUT2D eigenvalue weighted by Gasteiger charge is 2.66. The maximum atomic E-state index is 14.0. The van der Waals surface area contributed by atoms with Crippen LogP contribution >= 0.6 is 34.2 Å². The molecule has 1 amide bonds. The molecule has 4 atom stereocenters. The van der Waals surface area contributed by atoms with Crippen molar-refractivity contribution < 1.29 is 19.4 Å². The van der Waals surface area contributed by atoms with E-state index in [-0.39, 0.29) is 30.1 Å². The molecule has 166 valence electrons. The minimum atomic E-state index is -2.69. The number of halogens is 2. The summed E-state index contributed by atoms with van der Waals surface area (Å²) in [6.07, 6.45) is -0.00608. The second kappa shape index (κ2) is 8.42. The Morgan fingerprint density at radius 3 is 2.65 bits per heavy atom. The van der Waals surface area contributed by atoms with Gasteiger partial charge < -0.3 is 19.5 Å². The molecule has 8 heteroatoms. The molecule has 0 radical (unpaired) electrons. The molecule has 2 aromatic carbocycles. The Labute approximate surface area is 202 Å². The number of hydrogen-bond acceptors (Lipinski definition) is 4. The maximum Gasteiger partial charge on any atom is 0.264 e. The second-order valence-corrected chi connectivity index (χ2v) is 14.7. The third-order valence-corrected chi connectivity index (χ3v) is 10.00. The number of aliphatic hydroxyl groups excluding tert-OH is 1. The first kappa shape index (κ1) is 23.2. The topological polar surface area (TPSA) is 70.0 Å².